The molecule has 0 unspecified atom stereocenters. The van der Waals surface area contributed by atoms with Gasteiger partial charge in [-0.2, -0.15) is 5.48 Å². The molecule has 2 aromatic rings. The molecule has 0 aromatic heterocycles. The third kappa shape index (κ3) is 2.90. The van der Waals surface area contributed by atoms with Crippen molar-refractivity contribution in [1.82, 2.24) is 5.48 Å². The third-order valence-electron chi connectivity index (χ3n) is 4.96. The van der Waals surface area contributed by atoms with Crippen molar-refractivity contribution in [3.63, 3.8) is 0 Å². The molecule has 0 amide bonds. The Balaban J connectivity index is 2.11. The molecule has 2 aromatic carbocycles. The molecule has 0 spiro atoms. The van der Waals surface area contributed by atoms with E-state index in [4.69, 9.17) is 14.1 Å². The zero-order chi connectivity index (χ0) is 16.7. The van der Waals surface area contributed by atoms with Crippen molar-refractivity contribution in [2.45, 2.75) is 45.4 Å². The van der Waals surface area contributed by atoms with Gasteiger partial charge in [-0.25, -0.2) is 0 Å². The molecule has 23 heavy (non-hydrogen) atoms. The van der Waals surface area contributed by atoms with Crippen molar-refractivity contribution >= 4 is 23.4 Å². The lowest BCUT2D eigenvalue weighted by Crippen LogP contribution is -2.41. The normalized spacial score (nSPS) is 19.4. The smallest absolute Gasteiger partial charge is 0.399 e. The SMILES string of the molecule is CONCc1ccc2ccccc2c1B1OC(C)(C)C(C)(C)O1. The Bertz CT molecular complexity index is 698. The minimum Gasteiger partial charge on any atom is -0.399 e. The van der Waals surface area contributed by atoms with E-state index in [9.17, 15) is 0 Å². The van der Waals surface area contributed by atoms with Crippen LogP contribution in [0.1, 0.15) is 33.3 Å². The van der Waals surface area contributed by atoms with Crippen LogP contribution < -0.4 is 10.9 Å². The first-order valence-corrected chi connectivity index (χ1v) is 7.98. The summed E-state index contributed by atoms with van der Waals surface area (Å²) in [6.45, 7) is 8.90. The summed E-state index contributed by atoms with van der Waals surface area (Å²) in [6.07, 6.45) is 0. The van der Waals surface area contributed by atoms with E-state index in [2.05, 4.69) is 57.4 Å². The molecule has 1 aliphatic heterocycles. The van der Waals surface area contributed by atoms with E-state index in [1.165, 1.54) is 5.39 Å². The first kappa shape index (κ1) is 16.5. The van der Waals surface area contributed by atoms with E-state index in [0.717, 1.165) is 16.4 Å². The average molecular weight is 313 g/mol. The fourth-order valence-corrected chi connectivity index (χ4v) is 2.88. The Morgan fingerprint density at radius 2 is 1.65 bits per heavy atom. The molecular weight excluding hydrogens is 289 g/mol. The number of fused-ring (bicyclic) bond motifs is 1. The van der Waals surface area contributed by atoms with Gasteiger partial charge in [0.2, 0.25) is 0 Å². The molecule has 1 saturated heterocycles. The molecule has 3 rings (SSSR count). The first-order chi connectivity index (χ1) is 10.9. The molecule has 1 aliphatic rings. The quantitative estimate of drug-likeness (QED) is 0.696. The maximum atomic E-state index is 6.29. The van der Waals surface area contributed by atoms with Crippen LogP contribution in [0.3, 0.4) is 0 Å². The maximum absolute atomic E-state index is 6.29. The van der Waals surface area contributed by atoms with Crippen molar-refractivity contribution < 1.29 is 14.1 Å². The van der Waals surface area contributed by atoms with Gasteiger partial charge in [-0.05, 0) is 49.5 Å². The maximum Gasteiger partial charge on any atom is 0.495 e. The van der Waals surface area contributed by atoms with Crippen LogP contribution >= 0.6 is 0 Å². The summed E-state index contributed by atoms with van der Waals surface area (Å²) in [5, 5.41) is 2.33. The molecule has 0 saturated carbocycles. The predicted octanol–water partition coefficient (Wildman–Crippen LogP) is 2.79. The molecule has 0 aliphatic carbocycles. The fourth-order valence-electron chi connectivity index (χ4n) is 2.88. The standard InChI is InChI=1S/C18H24BNO3/c1-17(2)18(3,4)23-19(22-17)16-14(12-20-21-5)11-10-13-8-6-7-9-15(13)16/h6-11,20H,12H2,1-5H3. The van der Waals surface area contributed by atoms with Crippen LogP contribution in [-0.4, -0.2) is 25.4 Å². The largest absolute Gasteiger partial charge is 0.495 e. The van der Waals surface area contributed by atoms with Crippen LogP contribution in [0.15, 0.2) is 36.4 Å². The van der Waals surface area contributed by atoms with Crippen LogP contribution in [0.2, 0.25) is 0 Å². The topological polar surface area (TPSA) is 39.7 Å². The minimum atomic E-state index is -0.389. The number of benzene rings is 2. The van der Waals surface area contributed by atoms with Crippen LogP contribution in [-0.2, 0) is 20.7 Å². The third-order valence-corrected chi connectivity index (χ3v) is 4.96. The van der Waals surface area contributed by atoms with Gasteiger partial charge in [0.05, 0.1) is 18.3 Å². The van der Waals surface area contributed by atoms with E-state index in [1.807, 2.05) is 12.1 Å². The molecule has 5 heteroatoms. The van der Waals surface area contributed by atoms with Gasteiger partial charge in [0.15, 0.2) is 0 Å². The Hall–Kier alpha value is -1.40. The summed E-state index contributed by atoms with van der Waals surface area (Å²) in [6, 6.07) is 12.5. The molecular formula is C18H24BNO3. The average Bonchev–Trinajstić information content (AvgIpc) is 2.72. The summed E-state index contributed by atoms with van der Waals surface area (Å²) < 4.78 is 12.6. The highest BCUT2D eigenvalue weighted by Crippen LogP contribution is 2.37. The molecule has 1 fully saturated rings. The Morgan fingerprint density at radius 1 is 1.00 bits per heavy atom. The van der Waals surface area contributed by atoms with E-state index in [-0.39, 0.29) is 18.3 Å². The van der Waals surface area contributed by atoms with Crippen molar-refractivity contribution in [3.05, 3.63) is 42.0 Å². The number of rotatable bonds is 4. The summed E-state index contributed by atoms with van der Waals surface area (Å²) in [7, 11) is 1.23. The van der Waals surface area contributed by atoms with Gasteiger partial charge in [-0.1, -0.05) is 36.4 Å². The van der Waals surface area contributed by atoms with Crippen LogP contribution in [0.25, 0.3) is 10.8 Å². The fraction of sp³-hybridized carbons (Fsp3) is 0.444. The highest BCUT2D eigenvalue weighted by Gasteiger charge is 2.52. The monoisotopic (exact) mass is 313 g/mol. The summed E-state index contributed by atoms with van der Waals surface area (Å²) in [4.78, 5) is 5.03. The number of hydrogen-bond donors (Lipinski definition) is 1. The highest BCUT2D eigenvalue weighted by atomic mass is 16.7. The molecule has 122 valence electrons. The second-order valence-electron chi connectivity index (χ2n) is 6.97. The molecule has 0 bridgehead atoms. The molecule has 0 atom stereocenters. The van der Waals surface area contributed by atoms with Crippen molar-refractivity contribution in [3.8, 4) is 0 Å². The second-order valence-corrected chi connectivity index (χ2v) is 6.97. The Labute approximate surface area is 138 Å². The van der Waals surface area contributed by atoms with Crippen molar-refractivity contribution in [2.24, 2.45) is 0 Å². The molecule has 1 heterocycles. The zero-order valence-corrected chi connectivity index (χ0v) is 14.5. The Morgan fingerprint density at radius 3 is 2.30 bits per heavy atom. The van der Waals surface area contributed by atoms with Crippen LogP contribution in [0.5, 0.6) is 0 Å². The second kappa shape index (κ2) is 5.91. The van der Waals surface area contributed by atoms with Gasteiger partial charge in [-0.3, -0.25) is 0 Å². The van der Waals surface area contributed by atoms with Gasteiger partial charge in [0.1, 0.15) is 0 Å². The van der Waals surface area contributed by atoms with Crippen molar-refractivity contribution in [1.29, 1.82) is 0 Å². The first-order valence-electron chi connectivity index (χ1n) is 7.98. The Kier molecular flexibility index (Phi) is 4.23. The summed E-state index contributed by atoms with van der Waals surface area (Å²) >= 11 is 0. The van der Waals surface area contributed by atoms with Crippen molar-refractivity contribution in [2.75, 3.05) is 7.11 Å². The summed E-state index contributed by atoms with van der Waals surface area (Å²) in [5.74, 6) is 0. The van der Waals surface area contributed by atoms with Crippen LogP contribution in [0.4, 0.5) is 0 Å². The summed E-state index contributed by atoms with van der Waals surface area (Å²) in [5.41, 5.74) is 4.39. The van der Waals surface area contributed by atoms with Gasteiger partial charge in [-0.15, -0.1) is 0 Å². The van der Waals surface area contributed by atoms with E-state index in [0.29, 0.717) is 6.54 Å². The molecule has 1 N–H and O–H groups in total. The zero-order valence-electron chi connectivity index (χ0n) is 14.5. The number of hydroxylamine groups is 1. The predicted molar refractivity (Wildman–Crippen MR) is 93.5 cm³/mol. The molecule has 4 nitrogen and oxygen atoms in total. The van der Waals surface area contributed by atoms with Crippen LogP contribution in [0, 0.1) is 0 Å². The van der Waals surface area contributed by atoms with Gasteiger partial charge < -0.3 is 14.1 Å². The van der Waals surface area contributed by atoms with Gasteiger partial charge in [0, 0.05) is 6.54 Å². The lowest BCUT2D eigenvalue weighted by Gasteiger charge is -2.32. The highest BCUT2D eigenvalue weighted by molar-refractivity contribution is 6.65. The van der Waals surface area contributed by atoms with Gasteiger partial charge >= 0.3 is 7.12 Å². The van der Waals surface area contributed by atoms with Gasteiger partial charge in [0.25, 0.3) is 0 Å². The number of nitrogens with one attached hydrogen (secondary N) is 1. The lowest BCUT2D eigenvalue weighted by atomic mass is 9.73. The van der Waals surface area contributed by atoms with E-state index in [1.54, 1.807) is 7.11 Å². The number of hydrogen-bond acceptors (Lipinski definition) is 4. The van der Waals surface area contributed by atoms with E-state index < -0.39 is 0 Å². The lowest BCUT2D eigenvalue weighted by molar-refractivity contribution is 0.00578. The minimum absolute atomic E-state index is 0.361. The molecule has 0 radical (unpaired) electrons. The van der Waals surface area contributed by atoms with E-state index >= 15 is 0 Å².